The minimum absolute atomic E-state index is 0.178. The Morgan fingerprint density at radius 3 is 2.29 bits per heavy atom. The maximum Gasteiger partial charge on any atom is 0.219 e. The molecular weight excluding hydrogens is 447 g/mol. The summed E-state index contributed by atoms with van der Waals surface area (Å²) in [4.78, 5) is 4.40. The van der Waals surface area contributed by atoms with Crippen LogP contribution in [-0.2, 0) is 4.74 Å². The fraction of sp³-hybridized carbons (Fsp3) is 0.567. The second-order valence-corrected chi connectivity index (χ2v) is 11.6. The molecule has 35 heavy (non-hydrogen) atoms. The predicted molar refractivity (Wildman–Crippen MR) is 134 cm³/mol. The fourth-order valence-electron chi connectivity index (χ4n) is 6.63. The van der Waals surface area contributed by atoms with Crippen LogP contribution >= 0.6 is 0 Å². The molecule has 1 heterocycles. The molecule has 2 aromatic rings. The molecule has 0 radical (unpaired) electrons. The molecule has 4 atom stereocenters. The van der Waals surface area contributed by atoms with Gasteiger partial charge in [-0.2, -0.15) is 0 Å². The van der Waals surface area contributed by atoms with Gasteiger partial charge < -0.3 is 4.74 Å². The van der Waals surface area contributed by atoms with Gasteiger partial charge in [-0.15, -0.1) is 0 Å². The van der Waals surface area contributed by atoms with E-state index in [2.05, 4.69) is 11.9 Å². The van der Waals surface area contributed by atoms with Crippen molar-refractivity contribution < 1.29 is 17.9 Å². The molecule has 2 saturated carbocycles. The van der Waals surface area contributed by atoms with Crippen LogP contribution < -0.4 is 0 Å². The zero-order chi connectivity index (χ0) is 24.7. The predicted octanol–water partition coefficient (Wildman–Crippen LogP) is 8.43. The largest absolute Gasteiger partial charge is 0.475 e. The van der Waals surface area contributed by atoms with Gasteiger partial charge >= 0.3 is 0 Å². The highest BCUT2D eigenvalue weighted by molar-refractivity contribution is 5.96. The third kappa shape index (κ3) is 5.01. The molecule has 2 aliphatic carbocycles. The lowest BCUT2D eigenvalue weighted by atomic mass is 9.63. The zero-order valence-electron chi connectivity index (χ0n) is 21.0. The van der Waals surface area contributed by atoms with Crippen LogP contribution in [0.2, 0.25) is 0 Å². The normalized spacial score (nSPS) is 27.8. The molecule has 4 unspecified atom stereocenters. The Morgan fingerprint density at radius 1 is 0.914 bits per heavy atom. The van der Waals surface area contributed by atoms with Gasteiger partial charge in [0.2, 0.25) is 5.90 Å². The first-order chi connectivity index (χ1) is 16.7. The summed E-state index contributed by atoms with van der Waals surface area (Å²) in [6, 6.07) is 7.16. The van der Waals surface area contributed by atoms with E-state index < -0.39 is 23.0 Å². The highest BCUT2D eigenvalue weighted by atomic mass is 19.1. The first kappa shape index (κ1) is 24.4. The third-order valence-electron chi connectivity index (χ3n) is 8.41. The average Bonchev–Trinajstić information content (AvgIpc) is 3.18. The van der Waals surface area contributed by atoms with E-state index in [9.17, 15) is 4.39 Å². The van der Waals surface area contributed by atoms with Crippen molar-refractivity contribution in [2.45, 2.75) is 83.6 Å². The SMILES string of the molecule is CCCC1CCC2CC(c3cc(F)c(-c4ccc(C5=NC(C)(C)CO5)c(F)c4)c(F)c3)CCC2C1. The number of nitrogens with zero attached hydrogens (tertiary/aromatic N) is 1. The number of rotatable bonds is 5. The number of hydrogen-bond acceptors (Lipinski definition) is 2. The van der Waals surface area contributed by atoms with Crippen molar-refractivity contribution in [1.82, 2.24) is 0 Å². The van der Waals surface area contributed by atoms with E-state index in [1.807, 2.05) is 13.8 Å². The molecule has 3 aliphatic rings. The molecule has 0 aromatic heterocycles. The van der Waals surface area contributed by atoms with Crippen molar-refractivity contribution in [3.63, 3.8) is 0 Å². The molecule has 2 nitrogen and oxygen atoms in total. The number of benzene rings is 2. The maximum atomic E-state index is 15.2. The van der Waals surface area contributed by atoms with Crippen LogP contribution in [0.25, 0.3) is 11.1 Å². The maximum absolute atomic E-state index is 15.2. The van der Waals surface area contributed by atoms with Crippen molar-refractivity contribution in [3.05, 3.63) is 58.9 Å². The van der Waals surface area contributed by atoms with E-state index >= 15 is 8.78 Å². The molecule has 0 spiro atoms. The van der Waals surface area contributed by atoms with E-state index in [0.717, 1.165) is 36.7 Å². The van der Waals surface area contributed by atoms with Gasteiger partial charge in [-0.05, 0) is 105 Å². The second kappa shape index (κ2) is 9.63. The van der Waals surface area contributed by atoms with Gasteiger partial charge in [-0.3, -0.25) is 0 Å². The summed E-state index contributed by atoms with van der Waals surface area (Å²) < 4.78 is 50.9. The van der Waals surface area contributed by atoms with Gasteiger partial charge in [0.25, 0.3) is 0 Å². The molecular formula is C30H36F3NO. The van der Waals surface area contributed by atoms with Crippen LogP contribution in [0.5, 0.6) is 0 Å². The summed E-state index contributed by atoms with van der Waals surface area (Å²) in [5.41, 5.74) is 0.543. The minimum atomic E-state index is -0.628. The van der Waals surface area contributed by atoms with Crippen molar-refractivity contribution >= 4 is 5.90 Å². The molecule has 2 fully saturated rings. The Hall–Kier alpha value is -2.30. The van der Waals surface area contributed by atoms with Crippen LogP contribution in [0.3, 0.4) is 0 Å². The number of halogens is 3. The van der Waals surface area contributed by atoms with Crippen LogP contribution in [-0.4, -0.2) is 18.0 Å². The van der Waals surface area contributed by atoms with Gasteiger partial charge in [0.05, 0.1) is 16.7 Å². The standard InChI is InChI=1S/C30H36F3NO/c1-4-5-18-6-7-20-13-21(9-8-19(20)12-18)23-15-26(32)28(27(33)16-23)22-10-11-24(25(31)14-22)29-34-30(2,3)17-35-29/h10-11,14-16,18-21H,4-9,12-13,17H2,1-3H3. The molecule has 0 amide bonds. The van der Waals surface area contributed by atoms with E-state index in [0.29, 0.717) is 12.5 Å². The topological polar surface area (TPSA) is 21.6 Å². The van der Waals surface area contributed by atoms with Crippen LogP contribution in [0.1, 0.15) is 89.2 Å². The van der Waals surface area contributed by atoms with Crippen molar-refractivity contribution in [3.8, 4) is 11.1 Å². The summed E-state index contributed by atoms with van der Waals surface area (Å²) in [6.07, 6.45) is 9.59. The molecule has 0 N–H and O–H groups in total. The van der Waals surface area contributed by atoms with E-state index in [1.165, 1.54) is 62.4 Å². The van der Waals surface area contributed by atoms with E-state index in [1.54, 1.807) is 0 Å². The summed E-state index contributed by atoms with van der Waals surface area (Å²) in [7, 11) is 0. The Labute approximate surface area is 207 Å². The van der Waals surface area contributed by atoms with Gasteiger partial charge in [0.1, 0.15) is 24.1 Å². The lowest BCUT2D eigenvalue weighted by Gasteiger charge is -2.42. The van der Waals surface area contributed by atoms with Gasteiger partial charge in [-0.25, -0.2) is 18.2 Å². The summed E-state index contributed by atoms with van der Waals surface area (Å²) >= 11 is 0. The first-order valence-corrected chi connectivity index (χ1v) is 13.3. The lowest BCUT2D eigenvalue weighted by Crippen LogP contribution is -2.30. The van der Waals surface area contributed by atoms with Gasteiger partial charge in [0.15, 0.2) is 0 Å². The Bertz CT molecular complexity index is 1100. The summed E-state index contributed by atoms with van der Waals surface area (Å²) in [5, 5.41) is 0. The molecule has 5 heteroatoms. The fourth-order valence-corrected chi connectivity index (χ4v) is 6.63. The molecule has 5 rings (SSSR count). The number of ether oxygens (including phenoxy) is 1. The third-order valence-corrected chi connectivity index (χ3v) is 8.41. The molecule has 0 bridgehead atoms. The zero-order valence-corrected chi connectivity index (χ0v) is 21.0. The van der Waals surface area contributed by atoms with Crippen LogP contribution in [0, 0.1) is 35.2 Å². The first-order valence-electron chi connectivity index (χ1n) is 13.3. The smallest absolute Gasteiger partial charge is 0.219 e. The monoisotopic (exact) mass is 483 g/mol. The number of fused-ring (bicyclic) bond motifs is 1. The lowest BCUT2D eigenvalue weighted by molar-refractivity contribution is 0.114. The highest BCUT2D eigenvalue weighted by Gasteiger charge is 2.36. The quantitative estimate of drug-likeness (QED) is 0.418. The van der Waals surface area contributed by atoms with Crippen molar-refractivity contribution in [2.24, 2.45) is 22.7 Å². The Morgan fingerprint density at radius 2 is 1.63 bits per heavy atom. The number of hydrogen-bond donors (Lipinski definition) is 0. The highest BCUT2D eigenvalue weighted by Crippen LogP contribution is 2.48. The minimum Gasteiger partial charge on any atom is -0.475 e. The van der Waals surface area contributed by atoms with Gasteiger partial charge in [-0.1, -0.05) is 32.3 Å². The molecule has 188 valence electrons. The summed E-state index contributed by atoms with van der Waals surface area (Å²) in [5.74, 6) is 0.863. The van der Waals surface area contributed by atoms with Crippen LogP contribution in [0.4, 0.5) is 13.2 Å². The second-order valence-electron chi connectivity index (χ2n) is 11.6. The number of aliphatic imine (C=N–C) groups is 1. The van der Waals surface area contributed by atoms with Crippen LogP contribution in [0.15, 0.2) is 35.3 Å². The Kier molecular flexibility index (Phi) is 6.71. The molecule has 1 aliphatic heterocycles. The van der Waals surface area contributed by atoms with Gasteiger partial charge in [0, 0.05) is 0 Å². The van der Waals surface area contributed by atoms with Crippen molar-refractivity contribution in [1.29, 1.82) is 0 Å². The average molecular weight is 484 g/mol. The summed E-state index contributed by atoms with van der Waals surface area (Å²) in [6.45, 7) is 6.44. The van der Waals surface area contributed by atoms with E-state index in [4.69, 9.17) is 4.74 Å². The Balaban J connectivity index is 1.34. The van der Waals surface area contributed by atoms with Crippen molar-refractivity contribution in [2.75, 3.05) is 6.61 Å². The van der Waals surface area contributed by atoms with E-state index in [-0.39, 0.29) is 28.5 Å². The molecule has 2 aromatic carbocycles. The molecule has 0 saturated heterocycles.